The van der Waals surface area contributed by atoms with Gasteiger partial charge in [-0.3, -0.25) is 10.1 Å². The molecule has 1 aromatic carbocycles. The van der Waals surface area contributed by atoms with E-state index in [0.29, 0.717) is 11.3 Å². The first-order valence-corrected chi connectivity index (χ1v) is 5.07. The normalized spacial score (nSPS) is 9.50. The number of amides is 1. The van der Waals surface area contributed by atoms with Crippen LogP contribution in [-0.2, 0) is 4.79 Å². The summed E-state index contributed by atoms with van der Waals surface area (Å²) in [6, 6.07) is 8.67. The van der Waals surface area contributed by atoms with Crippen LogP contribution in [-0.4, -0.2) is 27.7 Å². The van der Waals surface area contributed by atoms with Gasteiger partial charge in [0.2, 0.25) is 5.95 Å². The Morgan fingerprint density at radius 2 is 2.33 bits per heavy atom. The quantitative estimate of drug-likeness (QED) is 0.822. The molecule has 7 heteroatoms. The Morgan fingerprint density at radius 1 is 1.50 bits per heavy atom. The summed E-state index contributed by atoms with van der Waals surface area (Å²) in [7, 11) is 0. The summed E-state index contributed by atoms with van der Waals surface area (Å²) in [5, 5.41) is 17.4. The third kappa shape index (κ3) is 2.82. The molecule has 90 valence electrons. The highest BCUT2D eigenvalue weighted by Crippen LogP contribution is 2.16. The van der Waals surface area contributed by atoms with E-state index in [9.17, 15) is 4.79 Å². The van der Waals surface area contributed by atoms with Crippen molar-refractivity contribution in [3.63, 3.8) is 0 Å². The lowest BCUT2D eigenvalue weighted by Gasteiger charge is -2.06. The van der Waals surface area contributed by atoms with Gasteiger partial charge in [-0.2, -0.15) is 15.3 Å². The van der Waals surface area contributed by atoms with E-state index < -0.39 is 0 Å². The average molecular weight is 243 g/mol. The van der Waals surface area contributed by atoms with Crippen LogP contribution >= 0.6 is 0 Å². The molecule has 0 bridgehead atoms. The Balaban J connectivity index is 1.92. The zero-order valence-electron chi connectivity index (χ0n) is 9.25. The molecule has 0 atom stereocenters. The minimum atomic E-state index is -0.389. The summed E-state index contributed by atoms with van der Waals surface area (Å²) in [4.78, 5) is 15.2. The van der Waals surface area contributed by atoms with Gasteiger partial charge in [-0.25, -0.2) is 5.10 Å². The molecule has 0 aliphatic carbocycles. The van der Waals surface area contributed by atoms with E-state index in [1.54, 1.807) is 24.3 Å². The van der Waals surface area contributed by atoms with E-state index in [0.717, 1.165) is 0 Å². The number of rotatable bonds is 4. The number of benzene rings is 1. The number of carbonyl (C=O) groups is 1. The van der Waals surface area contributed by atoms with Gasteiger partial charge in [0.05, 0.1) is 5.56 Å². The van der Waals surface area contributed by atoms with Gasteiger partial charge in [-0.15, -0.1) is 0 Å². The molecular weight excluding hydrogens is 234 g/mol. The van der Waals surface area contributed by atoms with E-state index in [-0.39, 0.29) is 18.5 Å². The molecule has 0 fully saturated rings. The van der Waals surface area contributed by atoms with Crippen LogP contribution in [0.1, 0.15) is 5.56 Å². The third-order valence-corrected chi connectivity index (χ3v) is 2.04. The molecule has 2 rings (SSSR count). The first kappa shape index (κ1) is 11.6. The van der Waals surface area contributed by atoms with Gasteiger partial charge in [0.15, 0.2) is 6.61 Å². The Morgan fingerprint density at radius 3 is 3.06 bits per heavy atom. The fraction of sp³-hybridized carbons (Fsp3) is 0.0909. The molecule has 0 spiro atoms. The molecule has 2 N–H and O–H groups in total. The number of hydrogen-bond donors (Lipinski definition) is 2. The van der Waals surface area contributed by atoms with Gasteiger partial charge in [-0.1, -0.05) is 12.1 Å². The highest BCUT2D eigenvalue weighted by molar-refractivity contribution is 5.90. The fourth-order valence-corrected chi connectivity index (χ4v) is 1.26. The lowest BCUT2D eigenvalue weighted by molar-refractivity contribution is -0.118. The van der Waals surface area contributed by atoms with Crippen molar-refractivity contribution in [2.24, 2.45) is 0 Å². The van der Waals surface area contributed by atoms with Crippen LogP contribution in [0.2, 0.25) is 0 Å². The molecular formula is C11H9N5O2. The number of nitrogens with one attached hydrogen (secondary N) is 2. The second-order valence-corrected chi connectivity index (χ2v) is 3.28. The van der Waals surface area contributed by atoms with Gasteiger partial charge in [0.25, 0.3) is 5.91 Å². The second kappa shape index (κ2) is 5.45. The number of ether oxygens (including phenoxy) is 1. The average Bonchev–Trinajstić information content (AvgIpc) is 2.89. The molecule has 0 aliphatic rings. The van der Waals surface area contributed by atoms with E-state index in [2.05, 4.69) is 20.5 Å². The van der Waals surface area contributed by atoms with Crippen molar-refractivity contribution < 1.29 is 9.53 Å². The highest BCUT2D eigenvalue weighted by atomic mass is 16.5. The second-order valence-electron chi connectivity index (χ2n) is 3.28. The summed E-state index contributed by atoms with van der Waals surface area (Å²) < 4.78 is 5.24. The monoisotopic (exact) mass is 243 g/mol. The Bertz CT molecular complexity index is 573. The van der Waals surface area contributed by atoms with Crippen molar-refractivity contribution in [3.05, 3.63) is 36.2 Å². The number of anilines is 1. The van der Waals surface area contributed by atoms with E-state index in [1.165, 1.54) is 6.33 Å². The lowest BCUT2D eigenvalue weighted by atomic mass is 10.2. The summed E-state index contributed by atoms with van der Waals surface area (Å²) in [5.41, 5.74) is 0.380. The predicted octanol–water partition coefficient (Wildman–Crippen LogP) is 0.694. The maximum atomic E-state index is 11.5. The number of carbonyl (C=O) groups excluding carboxylic acids is 1. The van der Waals surface area contributed by atoms with Crippen molar-refractivity contribution in [1.82, 2.24) is 15.2 Å². The number of aromatic amines is 1. The third-order valence-electron chi connectivity index (χ3n) is 2.04. The van der Waals surface area contributed by atoms with Crippen molar-refractivity contribution in [2.45, 2.75) is 0 Å². The van der Waals surface area contributed by atoms with Crippen molar-refractivity contribution in [1.29, 1.82) is 5.26 Å². The number of aromatic nitrogens is 3. The topological polar surface area (TPSA) is 104 Å². The maximum Gasteiger partial charge on any atom is 0.264 e. The van der Waals surface area contributed by atoms with Crippen LogP contribution in [0.25, 0.3) is 0 Å². The Hall–Kier alpha value is -2.88. The molecule has 2 aromatic rings. The number of nitrogens with zero attached hydrogens (tertiary/aromatic N) is 3. The molecule has 0 saturated carbocycles. The zero-order valence-corrected chi connectivity index (χ0v) is 9.25. The van der Waals surface area contributed by atoms with Gasteiger partial charge in [-0.05, 0) is 12.1 Å². The molecule has 7 nitrogen and oxygen atoms in total. The molecule has 0 radical (unpaired) electrons. The number of nitriles is 1. The van der Waals surface area contributed by atoms with Crippen molar-refractivity contribution in [3.8, 4) is 11.8 Å². The standard InChI is InChI=1S/C11H9N5O2/c12-5-8-3-1-2-4-9(8)18-6-10(17)15-11-13-7-14-16-11/h1-4,7H,6H2,(H2,13,14,15,16,17). The molecule has 1 heterocycles. The smallest absolute Gasteiger partial charge is 0.264 e. The first-order valence-electron chi connectivity index (χ1n) is 5.07. The van der Waals surface area contributed by atoms with Crippen molar-refractivity contribution >= 4 is 11.9 Å². The lowest BCUT2D eigenvalue weighted by Crippen LogP contribution is -2.21. The maximum absolute atomic E-state index is 11.5. The molecule has 18 heavy (non-hydrogen) atoms. The van der Waals surface area contributed by atoms with Gasteiger partial charge < -0.3 is 4.74 Å². The summed E-state index contributed by atoms with van der Waals surface area (Å²) in [5.74, 6) is 0.226. The summed E-state index contributed by atoms with van der Waals surface area (Å²) in [6.07, 6.45) is 1.28. The van der Waals surface area contributed by atoms with Gasteiger partial charge in [0, 0.05) is 0 Å². The minimum absolute atomic E-state index is 0.209. The van der Waals surface area contributed by atoms with Gasteiger partial charge in [0.1, 0.15) is 18.1 Å². The zero-order chi connectivity index (χ0) is 12.8. The summed E-state index contributed by atoms with van der Waals surface area (Å²) in [6.45, 7) is -0.209. The summed E-state index contributed by atoms with van der Waals surface area (Å²) >= 11 is 0. The number of para-hydroxylation sites is 1. The van der Waals surface area contributed by atoms with Crippen LogP contribution in [0.4, 0.5) is 5.95 Å². The molecule has 1 aromatic heterocycles. The van der Waals surface area contributed by atoms with E-state index >= 15 is 0 Å². The highest BCUT2D eigenvalue weighted by Gasteiger charge is 2.07. The van der Waals surface area contributed by atoms with Crippen LogP contribution in [0.3, 0.4) is 0 Å². The largest absolute Gasteiger partial charge is 0.482 e. The molecule has 1 amide bonds. The Kier molecular flexibility index (Phi) is 3.51. The molecule has 0 unspecified atom stereocenters. The minimum Gasteiger partial charge on any atom is -0.482 e. The first-order chi connectivity index (χ1) is 8.79. The van der Waals surface area contributed by atoms with Crippen LogP contribution in [0.15, 0.2) is 30.6 Å². The van der Waals surface area contributed by atoms with E-state index in [1.807, 2.05) is 6.07 Å². The van der Waals surface area contributed by atoms with Crippen LogP contribution in [0.5, 0.6) is 5.75 Å². The Labute approximate surface area is 102 Å². The fourth-order valence-electron chi connectivity index (χ4n) is 1.26. The SMILES string of the molecule is N#Cc1ccccc1OCC(=O)Nc1ncn[nH]1. The molecule has 0 saturated heterocycles. The van der Waals surface area contributed by atoms with E-state index in [4.69, 9.17) is 10.00 Å². The van der Waals surface area contributed by atoms with Crippen LogP contribution < -0.4 is 10.1 Å². The molecule has 0 aliphatic heterocycles. The number of H-pyrrole nitrogens is 1. The number of hydrogen-bond acceptors (Lipinski definition) is 5. The predicted molar refractivity (Wildman–Crippen MR) is 61.7 cm³/mol. The van der Waals surface area contributed by atoms with Gasteiger partial charge >= 0.3 is 0 Å². The van der Waals surface area contributed by atoms with Crippen LogP contribution in [0, 0.1) is 11.3 Å². The van der Waals surface area contributed by atoms with Crippen molar-refractivity contribution in [2.75, 3.05) is 11.9 Å².